The zero-order chi connectivity index (χ0) is 40.4. The molecule has 0 spiro atoms. The standard InChI is InChI=1S/C45H89NO9/c1-3-5-7-9-11-13-14-15-16-17-18-19-20-21-22-23-24-25-26-28-30-32-34-40(49)46-37(36-54-45-44(53)43(52)42(51)39(35-47)55-45)41(50)38(48)33-31-29-27-12-10-8-6-4-2/h37-39,41-45,47-48,50-53H,3-36H2,1-2H3,(H,46,49)/t37-,38+,39+,41-,42+,43?,44?,45+/m0/s1. The van der Waals surface area contributed by atoms with Gasteiger partial charge in [-0.1, -0.05) is 200 Å². The first-order chi connectivity index (χ1) is 26.8. The van der Waals surface area contributed by atoms with Crippen LogP contribution in [0, 0.1) is 0 Å². The highest BCUT2D eigenvalue weighted by Gasteiger charge is 2.44. The van der Waals surface area contributed by atoms with Gasteiger partial charge in [-0.2, -0.15) is 0 Å². The maximum Gasteiger partial charge on any atom is 0.220 e. The van der Waals surface area contributed by atoms with Gasteiger partial charge in [-0.25, -0.2) is 0 Å². The van der Waals surface area contributed by atoms with Crippen molar-refractivity contribution in [2.45, 2.75) is 268 Å². The molecule has 1 fully saturated rings. The van der Waals surface area contributed by atoms with E-state index in [0.29, 0.717) is 6.42 Å². The van der Waals surface area contributed by atoms with E-state index < -0.39 is 55.6 Å². The summed E-state index contributed by atoms with van der Waals surface area (Å²) in [7, 11) is 0. The maximum atomic E-state index is 13.0. The molecule has 7 N–H and O–H groups in total. The first-order valence-electron chi connectivity index (χ1n) is 23.3. The number of nitrogens with one attached hydrogen (secondary N) is 1. The zero-order valence-electron chi connectivity index (χ0n) is 35.6. The van der Waals surface area contributed by atoms with Gasteiger partial charge >= 0.3 is 0 Å². The van der Waals surface area contributed by atoms with Crippen LogP contribution in [-0.4, -0.2) is 98.7 Å². The summed E-state index contributed by atoms with van der Waals surface area (Å²) in [6.45, 7) is 3.58. The van der Waals surface area contributed by atoms with Crippen molar-refractivity contribution < 1.29 is 44.9 Å². The monoisotopic (exact) mass is 788 g/mol. The minimum Gasteiger partial charge on any atom is -0.394 e. The van der Waals surface area contributed by atoms with Crippen molar-refractivity contribution in [3.63, 3.8) is 0 Å². The molecule has 0 aliphatic carbocycles. The Bertz CT molecular complexity index is 849. The molecule has 0 aromatic heterocycles. The lowest BCUT2D eigenvalue weighted by molar-refractivity contribution is -0.303. The van der Waals surface area contributed by atoms with E-state index in [0.717, 1.165) is 44.9 Å². The zero-order valence-corrected chi connectivity index (χ0v) is 35.6. The van der Waals surface area contributed by atoms with Gasteiger partial charge in [0.15, 0.2) is 6.29 Å². The van der Waals surface area contributed by atoms with Crippen molar-refractivity contribution >= 4 is 5.91 Å². The van der Waals surface area contributed by atoms with Crippen LogP contribution in [0.25, 0.3) is 0 Å². The highest BCUT2D eigenvalue weighted by molar-refractivity contribution is 5.76. The number of aliphatic hydroxyl groups is 6. The molecule has 1 saturated heterocycles. The van der Waals surface area contributed by atoms with Gasteiger partial charge in [0.25, 0.3) is 0 Å². The van der Waals surface area contributed by atoms with Crippen LogP contribution in [0.15, 0.2) is 0 Å². The van der Waals surface area contributed by atoms with Crippen LogP contribution in [-0.2, 0) is 14.3 Å². The third kappa shape index (κ3) is 26.7. The third-order valence-corrected chi connectivity index (χ3v) is 11.6. The van der Waals surface area contributed by atoms with E-state index in [4.69, 9.17) is 9.47 Å². The number of rotatable bonds is 39. The summed E-state index contributed by atoms with van der Waals surface area (Å²) in [5.74, 6) is -0.256. The predicted octanol–water partition coefficient (Wildman–Crippen LogP) is 8.53. The SMILES string of the molecule is CCCCCCCCCCCCCCCCCCCCCCCCC(=O)N[C@@H](CO[C@@H]1O[C@H](CO)[C@@H](O)C(O)C1O)[C@H](O)[C@H](O)CCCCCCCCCC. The molecule has 1 amide bonds. The molecule has 8 atom stereocenters. The number of unbranched alkanes of at least 4 members (excludes halogenated alkanes) is 28. The molecule has 0 aromatic carbocycles. The predicted molar refractivity (Wildman–Crippen MR) is 223 cm³/mol. The Kier molecular flexibility index (Phi) is 34.4. The smallest absolute Gasteiger partial charge is 0.220 e. The molecule has 0 aromatic rings. The summed E-state index contributed by atoms with van der Waals surface area (Å²) >= 11 is 0. The van der Waals surface area contributed by atoms with E-state index >= 15 is 0 Å². The van der Waals surface area contributed by atoms with Crippen molar-refractivity contribution in [1.29, 1.82) is 0 Å². The summed E-state index contributed by atoms with van der Waals surface area (Å²) in [6, 6.07) is -0.983. The average Bonchev–Trinajstić information content (AvgIpc) is 3.18. The fourth-order valence-corrected chi connectivity index (χ4v) is 7.73. The van der Waals surface area contributed by atoms with Crippen LogP contribution in [0.3, 0.4) is 0 Å². The second-order valence-electron chi connectivity index (χ2n) is 16.7. The third-order valence-electron chi connectivity index (χ3n) is 11.6. The Labute approximate surface area is 336 Å². The summed E-state index contributed by atoms with van der Waals surface area (Å²) in [4.78, 5) is 13.0. The number of amides is 1. The number of hydrogen-bond donors (Lipinski definition) is 7. The van der Waals surface area contributed by atoms with Crippen LogP contribution in [0.1, 0.15) is 219 Å². The van der Waals surface area contributed by atoms with Crippen LogP contribution < -0.4 is 5.32 Å². The van der Waals surface area contributed by atoms with Crippen molar-refractivity contribution in [3.8, 4) is 0 Å². The topological polar surface area (TPSA) is 169 Å². The molecule has 328 valence electrons. The van der Waals surface area contributed by atoms with Crippen molar-refractivity contribution in [2.24, 2.45) is 0 Å². The van der Waals surface area contributed by atoms with Gasteiger partial charge in [-0.3, -0.25) is 4.79 Å². The van der Waals surface area contributed by atoms with E-state index in [1.165, 1.54) is 148 Å². The summed E-state index contributed by atoms with van der Waals surface area (Å²) in [5.41, 5.74) is 0. The van der Waals surface area contributed by atoms with Crippen molar-refractivity contribution in [1.82, 2.24) is 5.32 Å². The molecule has 0 saturated carbocycles. The van der Waals surface area contributed by atoms with Gasteiger partial charge in [-0.05, 0) is 12.8 Å². The molecule has 10 heteroatoms. The number of carbonyl (C=O) groups excluding carboxylic acids is 1. The van der Waals surface area contributed by atoms with Crippen LogP contribution in [0.5, 0.6) is 0 Å². The second-order valence-corrected chi connectivity index (χ2v) is 16.7. The summed E-state index contributed by atoms with van der Waals surface area (Å²) in [6.07, 6.45) is 28.5. The molecule has 55 heavy (non-hydrogen) atoms. The van der Waals surface area contributed by atoms with Gasteiger partial charge in [0.2, 0.25) is 5.91 Å². The number of ether oxygens (including phenoxy) is 2. The quantitative estimate of drug-likeness (QED) is 0.0302. The highest BCUT2D eigenvalue weighted by Crippen LogP contribution is 2.23. The lowest BCUT2D eigenvalue weighted by Gasteiger charge is -2.40. The molecule has 10 nitrogen and oxygen atoms in total. The Morgan fingerprint density at radius 2 is 0.945 bits per heavy atom. The highest BCUT2D eigenvalue weighted by atomic mass is 16.7. The molecule has 1 heterocycles. The fraction of sp³-hybridized carbons (Fsp3) is 0.978. The number of carbonyl (C=O) groups is 1. The van der Waals surface area contributed by atoms with E-state index in [9.17, 15) is 35.4 Å². The lowest BCUT2D eigenvalue weighted by atomic mass is 9.98. The summed E-state index contributed by atoms with van der Waals surface area (Å²) < 4.78 is 11.1. The van der Waals surface area contributed by atoms with Crippen molar-refractivity contribution in [2.75, 3.05) is 13.2 Å². The maximum absolute atomic E-state index is 13.0. The van der Waals surface area contributed by atoms with E-state index in [1.54, 1.807) is 0 Å². The van der Waals surface area contributed by atoms with Crippen LogP contribution in [0.2, 0.25) is 0 Å². The number of aliphatic hydroxyl groups excluding tert-OH is 6. The van der Waals surface area contributed by atoms with E-state index in [1.807, 2.05) is 0 Å². The van der Waals surface area contributed by atoms with Crippen LogP contribution >= 0.6 is 0 Å². The first kappa shape index (κ1) is 52.2. The molecule has 1 aliphatic heterocycles. The van der Waals surface area contributed by atoms with Gasteiger partial charge < -0.3 is 45.4 Å². The Morgan fingerprint density at radius 1 is 0.564 bits per heavy atom. The average molecular weight is 788 g/mol. The van der Waals surface area contributed by atoms with Crippen LogP contribution in [0.4, 0.5) is 0 Å². The molecule has 0 bridgehead atoms. The van der Waals surface area contributed by atoms with E-state index in [-0.39, 0.29) is 18.9 Å². The normalized spacial score (nSPS) is 21.8. The molecular weight excluding hydrogens is 698 g/mol. The fourth-order valence-electron chi connectivity index (χ4n) is 7.73. The molecule has 0 radical (unpaired) electrons. The Hall–Kier alpha value is -0.850. The van der Waals surface area contributed by atoms with Gasteiger partial charge in [0.05, 0.1) is 25.4 Å². The second kappa shape index (κ2) is 36.2. The van der Waals surface area contributed by atoms with Gasteiger partial charge in [0, 0.05) is 6.42 Å². The first-order valence-corrected chi connectivity index (χ1v) is 23.3. The molecule has 2 unspecified atom stereocenters. The Morgan fingerprint density at radius 3 is 1.35 bits per heavy atom. The van der Waals surface area contributed by atoms with Crippen molar-refractivity contribution in [3.05, 3.63) is 0 Å². The minimum atomic E-state index is -1.60. The molecule has 1 aliphatic rings. The largest absolute Gasteiger partial charge is 0.394 e. The Balaban J connectivity index is 2.27. The summed E-state index contributed by atoms with van der Waals surface area (Å²) in [5, 5.41) is 64.9. The van der Waals surface area contributed by atoms with Gasteiger partial charge in [-0.15, -0.1) is 0 Å². The van der Waals surface area contributed by atoms with E-state index in [2.05, 4.69) is 19.2 Å². The molecular formula is C45H89NO9. The van der Waals surface area contributed by atoms with Gasteiger partial charge in [0.1, 0.15) is 30.5 Å². The molecule has 1 rings (SSSR count). The lowest BCUT2D eigenvalue weighted by Crippen LogP contribution is -2.60. The number of hydrogen-bond acceptors (Lipinski definition) is 9. The minimum absolute atomic E-state index is 0.256.